The molecule has 1 aliphatic carbocycles. The second-order valence-corrected chi connectivity index (χ2v) is 10.0. The molecule has 0 unspecified atom stereocenters. The first-order valence-corrected chi connectivity index (χ1v) is 12.9. The fraction of sp³-hybridized carbons (Fsp3) is 0.519. The van der Waals surface area contributed by atoms with Gasteiger partial charge in [-0.05, 0) is 55.7 Å². The topological polar surface area (TPSA) is 131 Å². The van der Waals surface area contributed by atoms with E-state index in [4.69, 9.17) is 26.5 Å². The van der Waals surface area contributed by atoms with E-state index in [1.165, 1.54) is 17.9 Å². The van der Waals surface area contributed by atoms with Crippen LogP contribution in [-0.2, 0) is 24.2 Å². The minimum Gasteiger partial charge on any atom is -0.481 e. The lowest BCUT2D eigenvalue weighted by atomic mass is 10.1. The Morgan fingerprint density at radius 3 is 2.53 bits per heavy atom. The van der Waals surface area contributed by atoms with Gasteiger partial charge in [0.2, 0.25) is 0 Å². The second-order valence-electron chi connectivity index (χ2n) is 10.0. The molecule has 3 heterocycles. The van der Waals surface area contributed by atoms with Crippen LogP contribution in [0.2, 0.25) is 0 Å². The van der Waals surface area contributed by atoms with E-state index >= 15 is 0 Å². The van der Waals surface area contributed by atoms with Crippen LogP contribution < -0.4 is 22.0 Å². The zero-order valence-corrected chi connectivity index (χ0v) is 22.3. The van der Waals surface area contributed by atoms with Gasteiger partial charge in [-0.15, -0.1) is 0 Å². The number of pyridine rings is 2. The van der Waals surface area contributed by atoms with E-state index in [9.17, 15) is 13.6 Å². The maximum atomic E-state index is 14.0. The third kappa shape index (κ3) is 8.01. The third-order valence-corrected chi connectivity index (χ3v) is 6.62. The lowest BCUT2D eigenvalue weighted by molar-refractivity contribution is -0.134. The highest BCUT2D eigenvalue weighted by atomic mass is 19.3. The number of halogens is 2. The van der Waals surface area contributed by atoms with E-state index in [1.807, 2.05) is 25.3 Å². The number of piperidine rings is 1. The maximum absolute atomic E-state index is 14.0. The van der Waals surface area contributed by atoms with E-state index < -0.39 is 11.9 Å². The molecule has 1 saturated carbocycles. The summed E-state index contributed by atoms with van der Waals surface area (Å²) < 4.78 is 29.6. The van der Waals surface area contributed by atoms with Gasteiger partial charge in [0.1, 0.15) is 0 Å². The van der Waals surface area contributed by atoms with Crippen LogP contribution in [-0.4, -0.2) is 51.7 Å². The molecule has 2 fully saturated rings. The highest BCUT2D eigenvalue weighted by Crippen LogP contribution is 2.33. The predicted octanol–water partition coefficient (Wildman–Crippen LogP) is 3.22. The Kier molecular flexibility index (Phi) is 9.48. The molecule has 38 heavy (non-hydrogen) atoms. The molecule has 0 amide bonds. The second kappa shape index (κ2) is 12.4. The molecule has 0 spiro atoms. The van der Waals surface area contributed by atoms with Crippen LogP contribution in [0.25, 0.3) is 5.70 Å². The average Bonchev–Trinajstić information content (AvgIpc) is 3.66. The van der Waals surface area contributed by atoms with Crippen molar-refractivity contribution in [2.24, 2.45) is 17.5 Å². The molecule has 208 valence electrons. The summed E-state index contributed by atoms with van der Waals surface area (Å²) in [5.41, 5.74) is 10.3. The number of carboxylic acids is 1. The van der Waals surface area contributed by atoms with Crippen LogP contribution in [0, 0.1) is 5.92 Å². The zero-order chi connectivity index (χ0) is 28.0. The van der Waals surface area contributed by atoms with Gasteiger partial charge in [-0.3, -0.25) is 9.59 Å². The number of nitrogens with two attached hydrogens (primary N) is 2. The molecule has 2 aromatic heterocycles. The number of carbonyl (C=O) groups is 1. The molecule has 2 aromatic rings. The smallest absolute Gasteiger partial charge is 0.300 e. The van der Waals surface area contributed by atoms with Crippen LogP contribution in [0.5, 0.6) is 0 Å². The number of hydrazine groups is 1. The Morgan fingerprint density at radius 2 is 1.95 bits per heavy atom. The minimum atomic E-state index is -2.70. The summed E-state index contributed by atoms with van der Waals surface area (Å²) in [6, 6.07) is 7.02. The van der Waals surface area contributed by atoms with Crippen molar-refractivity contribution in [1.29, 1.82) is 0 Å². The van der Waals surface area contributed by atoms with Crippen LogP contribution in [0.1, 0.15) is 56.5 Å². The molecule has 11 heteroatoms. The fourth-order valence-electron chi connectivity index (χ4n) is 4.54. The average molecular weight is 533 g/mol. The van der Waals surface area contributed by atoms with E-state index in [2.05, 4.69) is 0 Å². The number of nitrogens with zero attached hydrogens (tertiary/aromatic N) is 4. The van der Waals surface area contributed by atoms with Gasteiger partial charge in [-0.25, -0.2) is 19.6 Å². The number of aliphatic carboxylic acids is 1. The minimum absolute atomic E-state index is 0.0838. The molecular formula is C27H38F2N6O3. The molecule has 1 aliphatic heterocycles. The van der Waals surface area contributed by atoms with Crippen molar-refractivity contribution in [3.8, 4) is 0 Å². The number of carboxylic acid groups (broad SMARTS) is 1. The van der Waals surface area contributed by atoms with Crippen molar-refractivity contribution < 1.29 is 18.7 Å². The van der Waals surface area contributed by atoms with Gasteiger partial charge in [0.05, 0.1) is 41.6 Å². The summed E-state index contributed by atoms with van der Waals surface area (Å²) in [6.07, 6.45) is 6.25. The van der Waals surface area contributed by atoms with Crippen molar-refractivity contribution in [3.05, 3.63) is 63.5 Å². The standard InChI is InChI=1S/C25H34F2N6O.C2H4O2/c1-3-19-21(32-12-4-11-25(26,27)16-32)9-8-20(30-19)24(28)22(31(2)29)15-33-14-18(7-10-23(33)34)13-17-5-6-17;1-2(3)4/h7-10,14,17H,3-6,11-13,15-16,28-29H2,1-2H3;1H3,(H,3,4)/b24-22-;. The van der Waals surface area contributed by atoms with Crippen molar-refractivity contribution in [2.45, 2.75) is 64.8 Å². The van der Waals surface area contributed by atoms with Gasteiger partial charge in [0.25, 0.3) is 17.5 Å². The molecule has 1 saturated heterocycles. The Bertz CT molecular complexity index is 1220. The number of aromatic nitrogens is 2. The number of rotatable bonds is 8. The Balaban J connectivity index is 0.000000934. The summed E-state index contributed by atoms with van der Waals surface area (Å²) in [4.78, 5) is 27.9. The molecule has 5 N–H and O–H groups in total. The molecule has 0 bridgehead atoms. The normalized spacial score (nSPS) is 17.3. The number of hydrogen-bond acceptors (Lipinski definition) is 7. The van der Waals surface area contributed by atoms with Crippen molar-refractivity contribution in [3.63, 3.8) is 0 Å². The number of alkyl halides is 2. The fourth-order valence-corrected chi connectivity index (χ4v) is 4.54. The van der Waals surface area contributed by atoms with Gasteiger partial charge in [0, 0.05) is 39.2 Å². The van der Waals surface area contributed by atoms with E-state index in [0.29, 0.717) is 53.8 Å². The van der Waals surface area contributed by atoms with Crippen molar-refractivity contribution in [2.75, 3.05) is 25.0 Å². The van der Waals surface area contributed by atoms with Crippen molar-refractivity contribution >= 4 is 17.4 Å². The third-order valence-electron chi connectivity index (χ3n) is 6.62. The summed E-state index contributed by atoms with van der Waals surface area (Å²) >= 11 is 0. The lowest BCUT2D eigenvalue weighted by Crippen LogP contribution is -2.43. The van der Waals surface area contributed by atoms with Gasteiger partial charge in [-0.1, -0.05) is 13.0 Å². The van der Waals surface area contributed by atoms with Crippen LogP contribution in [0.3, 0.4) is 0 Å². The number of likely N-dealkylation sites (N-methyl/N-ethyl adjacent to an activating group) is 1. The Hall–Kier alpha value is -3.47. The van der Waals surface area contributed by atoms with Crippen LogP contribution in [0.15, 0.2) is 41.0 Å². The zero-order valence-electron chi connectivity index (χ0n) is 22.3. The van der Waals surface area contributed by atoms with E-state index in [1.54, 1.807) is 28.6 Å². The van der Waals surface area contributed by atoms with Crippen molar-refractivity contribution in [1.82, 2.24) is 14.6 Å². The first-order valence-electron chi connectivity index (χ1n) is 12.9. The van der Waals surface area contributed by atoms with Gasteiger partial charge in [0.15, 0.2) is 0 Å². The largest absolute Gasteiger partial charge is 0.481 e. The first-order chi connectivity index (χ1) is 17.9. The SMILES string of the molecule is CC(=O)O.CCc1nc(/C(N)=C(\Cn2cc(CC3CC3)ccc2=O)N(C)N)ccc1N1CCCC(F)(F)C1. The van der Waals surface area contributed by atoms with Gasteiger partial charge < -0.3 is 25.3 Å². The van der Waals surface area contributed by atoms with Crippen LogP contribution >= 0.6 is 0 Å². The molecule has 0 atom stereocenters. The first kappa shape index (κ1) is 29.1. The summed E-state index contributed by atoms with van der Waals surface area (Å²) in [5.74, 6) is 3.29. The highest BCUT2D eigenvalue weighted by Gasteiger charge is 2.36. The van der Waals surface area contributed by atoms with Gasteiger partial charge >= 0.3 is 0 Å². The molecule has 9 nitrogen and oxygen atoms in total. The molecule has 2 aliphatic rings. The number of anilines is 1. The van der Waals surface area contributed by atoms with E-state index in [0.717, 1.165) is 18.9 Å². The molecule has 0 aromatic carbocycles. The van der Waals surface area contributed by atoms with Crippen LogP contribution in [0.4, 0.5) is 14.5 Å². The maximum Gasteiger partial charge on any atom is 0.300 e. The lowest BCUT2D eigenvalue weighted by Gasteiger charge is -2.35. The summed E-state index contributed by atoms with van der Waals surface area (Å²) in [5, 5.41) is 8.82. The predicted molar refractivity (Wildman–Crippen MR) is 144 cm³/mol. The number of allylic oxidation sites excluding steroid dienone is 1. The molecule has 0 radical (unpaired) electrons. The molecular weight excluding hydrogens is 494 g/mol. The Morgan fingerprint density at radius 1 is 1.26 bits per heavy atom. The quantitative estimate of drug-likeness (QED) is 0.349. The van der Waals surface area contributed by atoms with Gasteiger partial charge in [-0.2, -0.15) is 0 Å². The Labute approximate surface area is 221 Å². The van der Waals surface area contributed by atoms with E-state index in [-0.39, 0.29) is 25.1 Å². The summed E-state index contributed by atoms with van der Waals surface area (Å²) in [6.45, 7) is 3.51. The number of aryl methyl sites for hydroxylation is 1. The monoisotopic (exact) mass is 532 g/mol. The number of hydrogen-bond donors (Lipinski definition) is 3. The molecule has 4 rings (SSSR count). The summed E-state index contributed by atoms with van der Waals surface area (Å²) in [7, 11) is 1.67. The highest BCUT2D eigenvalue weighted by molar-refractivity contribution is 5.65.